The second-order valence-electron chi connectivity index (χ2n) is 8.84. The van der Waals surface area contributed by atoms with Crippen LogP contribution in [-0.2, 0) is 24.1 Å². The molecular weight excluding hydrogens is 451 g/mol. The number of benzene rings is 2. The highest BCUT2D eigenvalue weighted by molar-refractivity contribution is 5.95. The van der Waals surface area contributed by atoms with E-state index < -0.39 is 0 Å². The molecule has 0 aliphatic carbocycles. The number of anilines is 1. The van der Waals surface area contributed by atoms with E-state index in [1.54, 1.807) is 24.3 Å². The Bertz CT molecular complexity index is 1280. The molecule has 6 rings (SSSR count). The standard InChI is InChI=1S/C26H25FN4O4/c27-19-3-1-2-17(12-19)13-24-28-21-6-7-31(15-20(21)25(29-24)30-8-10-33-11-9-30)26(32)18-4-5-22-23(14-18)35-16-34-22/h1-5,12,14H,6-11,13,15-16H2. The first-order chi connectivity index (χ1) is 17.1. The first kappa shape index (κ1) is 21.8. The van der Waals surface area contributed by atoms with Gasteiger partial charge < -0.3 is 24.0 Å². The zero-order valence-corrected chi connectivity index (χ0v) is 19.2. The minimum Gasteiger partial charge on any atom is -0.454 e. The molecule has 8 nitrogen and oxygen atoms in total. The smallest absolute Gasteiger partial charge is 0.254 e. The zero-order chi connectivity index (χ0) is 23.8. The lowest BCUT2D eigenvalue weighted by Gasteiger charge is -2.34. The molecule has 0 N–H and O–H groups in total. The molecular formula is C26H25FN4O4. The van der Waals surface area contributed by atoms with Crippen molar-refractivity contribution in [3.8, 4) is 11.5 Å². The van der Waals surface area contributed by atoms with Gasteiger partial charge in [0.1, 0.15) is 17.5 Å². The lowest BCUT2D eigenvalue weighted by molar-refractivity contribution is 0.0732. The molecule has 1 aromatic heterocycles. The van der Waals surface area contributed by atoms with Crippen LogP contribution >= 0.6 is 0 Å². The maximum absolute atomic E-state index is 13.7. The minimum absolute atomic E-state index is 0.0642. The van der Waals surface area contributed by atoms with Gasteiger partial charge in [-0.1, -0.05) is 12.1 Å². The number of hydrogen-bond acceptors (Lipinski definition) is 7. The highest BCUT2D eigenvalue weighted by Gasteiger charge is 2.29. The number of halogens is 1. The van der Waals surface area contributed by atoms with Gasteiger partial charge in [0.05, 0.1) is 25.5 Å². The van der Waals surface area contributed by atoms with Gasteiger partial charge in [-0.3, -0.25) is 4.79 Å². The van der Waals surface area contributed by atoms with Gasteiger partial charge in [0, 0.05) is 43.6 Å². The van der Waals surface area contributed by atoms with Gasteiger partial charge in [0.15, 0.2) is 11.5 Å². The Labute approximate surface area is 202 Å². The summed E-state index contributed by atoms with van der Waals surface area (Å²) >= 11 is 0. The first-order valence-corrected chi connectivity index (χ1v) is 11.8. The number of amides is 1. The summed E-state index contributed by atoms with van der Waals surface area (Å²) in [6, 6.07) is 11.8. The van der Waals surface area contributed by atoms with Gasteiger partial charge in [0.2, 0.25) is 6.79 Å². The van der Waals surface area contributed by atoms with Crippen molar-refractivity contribution < 1.29 is 23.4 Å². The molecule has 2 aromatic carbocycles. The second-order valence-corrected chi connectivity index (χ2v) is 8.84. The van der Waals surface area contributed by atoms with Gasteiger partial charge in [-0.25, -0.2) is 14.4 Å². The molecule has 3 aromatic rings. The van der Waals surface area contributed by atoms with Crippen molar-refractivity contribution in [2.24, 2.45) is 0 Å². The summed E-state index contributed by atoms with van der Waals surface area (Å²) in [7, 11) is 0. The molecule has 180 valence electrons. The van der Waals surface area contributed by atoms with Crippen LogP contribution in [0.15, 0.2) is 42.5 Å². The van der Waals surface area contributed by atoms with Crippen molar-refractivity contribution >= 4 is 11.7 Å². The molecule has 3 aliphatic rings. The summed E-state index contributed by atoms with van der Waals surface area (Å²) in [4.78, 5) is 27.1. The van der Waals surface area contributed by atoms with E-state index in [9.17, 15) is 9.18 Å². The SMILES string of the molecule is O=C(c1ccc2c(c1)OCO2)N1CCc2nc(Cc3cccc(F)c3)nc(N3CCOCC3)c2C1. The molecule has 1 fully saturated rings. The lowest BCUT2D eigenvalue weighted by Crippen LogP contribution is -2.41. The Kier molecular flexibility index (Phi) is 5.69. The van der Waals surface area contributed by atoms with Crippen LogP contribution in [0.3, 0.4) is 0 Å². The van der Waals surface area contributed by atoms with Crippen LogP contribution in [0.5, 0.6) is 11.5 Å². The molecule has 0 saturated carbocycles. The molecule has 3 aliphatic heterocycles. The molecule has 35 heavy (non-hydrogen) atoms. The van der Waals surface area contributed by atoms with Gasteiger partial charge in [-0.15, -0.1) is 0 Å². The van der Waals surface area contributed by atoms with E-state index in [1.807, 2.05) is 11.0 Å². The Hall–Kier alpha value is -3.72. The summed E-state index contributed by atoms with van der Waals surface area (Å²) in [5.41, 5.74) is 3.31. The molecule has 0 bridgehead atoms. The molecule has 9 heteroatoms. The van der Waals surface area contributed by atoms with Gasteiger partial charge in [-0.2, -0.15) is 0 Å². The third-order valence-electron chi connectivity index (χ3n) is 6.55. The largest absolute Gasteiger partial charge is 0.454 e. The van der Waals surface area contributed by atoms with Gasteiger partial charge in [0.25, 0.3) is 5.91 Å². The lowest BCUT2D eigenvalue weighted by atomic mass is 10.0. The number of ether oxygens (including phenoxy) is 3. The predicted octanol–water partition coefficient (Wildman–Crippen LogP) is 2.97. The summed E-state index contributed by atoms with van der Waals surface area (Å²) in [5.74, 6) is 2.41. The van der Waals surface area contributed by atoms with Crippen molar-refractivity contribution in [2.45, 2.75) is 19.4 Å². The number of aromatic nitrogens is 2. The summed E-state index contributed by atoms with van der Waals surface area (Å²) < 4.78 is 30.1. The highest BCUT2D eigenvalue weighted by atomic mass is 19.1. The Morgan fingerprint density at radius 3 is 2.71 bits per heavy atom. The number of morpholine rings is 1. The first-order valence-electron chi connectivity index (χ1n) is 11.8. The minimum atomic E-state index is -0.272. The van der Waals surface area contributed by atoms with E-state index in [4.69, 9.17) is 24.2 Å². The number of rotatable bonds is 4. The van der Waals surface area contributed by atoms with Crippen molar-refractivity contribution in [2.75, 3.05) is 44.5 Å². The number of nitrogens with zero attached hydrogens (tertiary/aromatic N) is 4. The van der Waals surface area contributed by atoms with Gasteiger partial charge >= 0.3 is 0 Å². The fourth-order valence-electron chi connectivity index (χ4n) is 4.78. The molecule has 0 atom stereocenters. The maximum atomic E-state index is 13.7. The fourth-order valence-corrected chi connectivity index (χ4v) is 4.78. The van der Waals surface area contributed by atoms with Crippen LogP contribution in [0.4, 0.5) is 10.2 Å². The second kappa shape index (κ2) is 9.14. The number of carbonyl (C=O) groups is 1. The van der Waals surface area contributed by atoms with Gasteiger partial charge in [-0.05, 0) is 35.9 Å². The van der Waals surface area contributed by atoms with Crippen LogP contribution in [0, 0.1) is 5.82 Å². The van der Waals surface area contributed by atoms with E-state index in [0.717, 1.165) is 35.7 Å². The fraction of sp³-hybridized carbons (Fsp3) is 0.346. The van der Waals surface area contributed by atoms with Crippen LogP contribution in [0.1, 0.15) is 33.0 Å². The van der Waals surface area contributed by atoms with E-state index in [-0.39, 0.29) is 18.5 Å². The van der Waals surface area contributed by atoms with E-state index in [0.29, 0.717) is 62.0 Å². The van der Waals surface area contributed by atoms with Crippen LogP contribution in [0.25, 0.3) is 0 Å². The van der Waals surface area contributed by atoms with Crippen molar-refractivity contribution in [3.05, 3.63) is 76.5 Å². The van der Waals surface area contributed by atoms with Crippen LogP contribution < -0.4 is 14.4 Å². The number of carbonyl (C=O) groups excluding carboxylic acids is 1. The molecule has 1 amide bonds. The highest BCUT2D eigenvalue weighted by Crippen LogP contribution is 2.34. The summed E-state index contributed by atoms with van der Waals surface area (Å²) in [5, 5.41) is 0. The van der Waals surface area contributed by atoms with E-state index in [2.05, 4.69) is 4.90 Å². The average molecular weight is 477 g/mol. The third kappa shape index (κ3) is 4.39. The van der Waals surface area contributed by atoms with Crippen molar-refractivity contribution in [1.29, 1.82) is 0 Å². The van der Waals surface area contributed by atoms with Crippen LogP contribution in [-0.4, -0.2) is 60.4 Å². The monoisotopic (exact) mass is 476 g/mol. The van der Waals surface area contributed by atoms with E-state index >= 15 is 0 Å². The predicted molar refractivity (Wildman–Crippen MR) is 125 cm³/mol. The Morgan fingerprint density at radius 1 is 1.00 bits per heavy atom. The molecule has 4 heterocycles. The van der Waals surface area contributed by atoms with Crippen molar-refractivity contribution in [1.82, 2.24) is 14.9 Å². The molecule has 0 spiro atoms. The number of fused-ring (bicyclic) bond motifs is 2. The van der Waals surface area contributed by atoms with Crippen LogP contribution in [0.2, 0.25) is 0 Å². The average Bonchev–Trinajstić information content (AvgIpc) is 3.36. The zero-order valence-electron chi connectivity index (χ0n) is 19.2. The Balaban J connectivity index is 1.31. The van der Waals surface area contributed by atoms with Crippen molar-refractivity contribution in [3.63, 3.8) is 0 Å². The molecule has 1 saturated heterocycles. The number of hydrogen-bond donors (Lipinski definition) is 0. The quantitative estimate of drug-likeness (QED) is 0.573. The summed E-state index contributed by atoms with van der Waals surface area (Å²) in [6.45, 7) is 3.84. The third-order valence-corrected chi connectivity index (χ3v) is 6.55. The maximum Gasteiger partial charge on any atom is 0.254 e. The summed E-state index contributed by atoms with van der Waals surface area (Å²) in [6.07, 6.45) is 1.07. The van der Waals surface area contributed by atoms with E-state index in [1.165, 1.54) is 12.1 Å². The topological polar surface area (TPSA) is 77.0 Å². The molecule has 0 unspecified atom stereocenters. The Morgan fingerprint density at radius 2 is 1.86 bits per heavy atom. The molecule has 0 radical (unpaired) electrons. The normalized spacial score (nSPS) is 16.8.